The van der Waals surface area contributed by atoms with Crippen LogP contribution in [0, 0.1) is 22.6 Å². The van der Waals surface area contributed by atoms with Gasteiger partial charge in [0.25, 0.3) is 0 Å². The van der Waals surface area contributed by atoms with Crippen molar-refractivity contribution in [1.29, 1.82) is 5.26 Å². The number of aromatic nitrogens is 6. The number of hydrogen-bond donors (Lipinski definition) is 3. The fraction of sp³-hybridized carbons (Fsp3) is 0.500. The van der Waals surface area contributed by atoms with Crippen molar-refractivity contribution in [3.63, 3.8) is 0 Å². The predicted octanol–water partition coefficient (Wildman–Crippen LogP) is 6.77. The molecule has 3 amide bonds. The Bertz CT molecular complexity index is 2560. The van der Waals surface area contributed by atoms with Crippen LogP contribution in [0.1, 0.15) is 114 Å². The zero-order valence-corrected chi connectivity index (χ0v) is 36.9. The quantitative estimate of drug-likeness (QED) is 0.119. The molecule has 1 aromatic carbocycles. The second-order valence-electron chi connectivity index (χ2n) is 18.5. The highest BCUT2D eigenvalue weighted by molar-refractivity contribution is 6.01. The van der Waals surface area contributed by atoms with Gasteiger partial charge in [-0.15, -0.1) is 0 Å². The van der Waals surface area contributed by atoms with Crippen LogP contribution < -0.4 is 20.9 Å². The third kappa shape index (κ3) is 8.69. The summed E-state index contributed by atoms with van der Waals surface area (Å²) >= 11 is 0. The fourth-order valence-corrected chi connectivity index (χ4v) is 10.4. The average Bonchev–Trinajstić information content (AvgIpc) is 3.98. The highest BCUT2D eigenvalue weighted by Gasteiger charge is 2.40. The third-order valence-electron chi connectivity index (χ3n) is 14.3. The minimum Gasteiger partial charge on any atom is -0.374 e. The van der Waals surface area contributed by atoms with Crippen molar-refractivity contribution in [2.24, 2.45) is 5.41 Å². The van der Waals surface area contributed by atoms with Gasteiger partial charge in [0.15, 0.2) is 0 Å². The van der Waals surface area contributed by atoms with Crippen LogP contribution >= 0.6 is 0 Å². The number of amides is 3. The summed E-state index contributed by atoms with van der Waals surface area (Å²) in [6.45, 7) is 9.43. The summed E-state index contributed by atoms with van der Waals surface area (Å²) in [6, 6.07) is 11.7. The minimum absolute atomic E-state index is 0.108. The number of likely N-dealkylation sites (tertiary alicyclic amines) is 1. The van der Waals surface area contributed by atoms with Gasteiger partial charge in [-0.05, 0) is 127 Å². The summed E-state index contributed by atoms with van der Waals surface area (Å²) in [5.74, 6) is 0.229. The molecule has 9 rings (SSSR count). The number of imide groups is 1. The zero-order chi connectivity index (χ0) is 44.5. The van der Waals surface area contributed by atoms with Gasteiger partial charge in [0.2, 0.25) is 17.7 Å². The Hall–Kier alpha value is -6.21. The first-order chi connectivity index (χ1) is 31.0. The van der Waals surface area contributed by atoms with Crippen molar-refractivity contribution in [2.45, 2.75) is 121 Å². The summed E-state index contributed by atoms with van der Waals surface area (Å²) < 4.78 is 19.2. The molecule has 0 unspecified atom stereocenters. The Kier molecular flexibility index (Phi) is 12.2. The summed E-state index contributed by atoms with van der Waals surface area (Å²) in [4.78, 5) is 51.6. The van der Waals surface area contributed by atoms with Crippen molar-refractivity contribution in [3.05, 3.63) is 78.3 Å². The molecule has 16 heteroatoms. The molecule has 3 saturated heterocycles. The number of nitrogens with zero attached hydrogens (tertiary/aromatic N) is 9. The van der Waals surface area contributed by atoms with E-state index in [1.165, 1.54) is 6.07 Å². The number of pyridine rings is 1. The Balaban J connectivity index is 0.816. The Morgan fingerprint density at radius 1 is 0.938 bits per heavy atom. The topological polar surface area (TPSA) is 178 Å². The molecule has 334 valence electrons. The molecule has 1 aliphatic carbocycles. The van der Waals surface area contributed by atoms with Crippen LogP contribution in [0.3, 0.4) is 0 Å². The van der Waals surface area contributed by atoms with E-state index in [4.69, 9.17) is 15.1 Å². The lowest BCUT2D eigenvalue weighted by molar-refractivity contribution is -0.134. The molecule has 0 bridgehead atoms. The van der Waals surface area contributed by atoms with Crippen LogP contribution in [0.15, 0.2) is 61.3 Å². The van der Waals surface area contributed by atoms with E-state index in [-0.39, 0.29) is 53.4 Å². The fourth-order valence-electron chi connectivity index (χ4n) is 10.4. The van der Waals surface area contributed by atoms with E-state index in [1.807, 2.05) is 56.7 Å². The lowest BCUT2D eigenvalue weighted by atomic mass is 9.75. The van der Waals surface area contributed by atoms with Crippen molar-refractivity contribution in [3.8, 4) is 28.6 Å². The molecule has 7 heterocycles. The molecule has 5 aromatic rings. The van der Waals surface area contributed by atoms with E-state index in [1.54, 1.807) is 10.7 Å². The van der Waals surface area contributed by atoms with Crippen molar-refractivity contribution >= 4 is 34.7 Å². The Morgan fingerprint density at radius 2 is 1.70 bits per heavy atom. The molecular formula is C48H57FN12O3. The Morgan fingerprint density at radius 3 is 2.38 bits per heavy atom. The van der Waals surface area contributed by atoms with E-state index in [0.29, 0.717) is 40.6 Å². The van der Waals surface area contributed by atoms with E-state index in [9.17, 15) is 19.6 Å². The first-order valence-corrected chi connectivity index (χ1v) is 23.0. The van der Waals surface area contributed by atoms with E-state index >= 15 is 4.39 Å². The normalized spacial score (nSPS) is 22.1. The molecular weight excluding hydrogens is 812 g/mol. The molecule has 4 aliphatic rings. The average molecular weight is 869 g/mol. The van der Waals surface area contributed by atoms with Crippen LogP contribution in [0.25, 0.3) is 28.0 Å². The first-order valence-electron chi connectivity index (χ1n) is 23.0. The number of halogens is 1. The van der Waals surface area contributed by atoms with Gasteiger partial charge in [-0.25, -0.2) is 18.9 Å². The van der Waals surface area contributed by atoms with E-state index < -0.39 is 6.04 Å². The largest absolute Gasteiger partial charge is 0.374 e. The summed E-state index contributed by atoms with van der Waals surface area (Å²) in [5, 5.41) is 27.9. The number of nitriles is 1. The number of anilines is 2. The predicted molar refractivity (Wildman–Crippen MR) is 241 cm³/mol. The molecule has 1 saturated carbocycles. The number of carbonyl (C=O) groups is 3. The molecule has 64 heavy (non-hydrogen) atoms. The maximum atomic E-state index is 15.4. The molecule has 0 radical (unpaired) electrons. The zero-order valence-electron chi connectivity index (χ0n) is 36.9. The number of fused-ring (bicyclic) bond motifs is 1. The van der Waals surface area contributed by atoms with Crippen molar-refractivity contribution < 1.29 is 18.8 Å². The SMILES string of the molecule is CCC1(C(=O)NC(C)C)CCN(c2ccc(-c3nc(-c4cnn(C5CCC(N6CCC(c7ccc(N[C@H]8CCC(=O)NC8=O)cc7F)CC6)CC5)c4)cn4ncc(C#N)c34)cn2)CC1. The standard InChI is InChI=1S/C48H57FN12O3/c1-4-48(47(64)54-30(2)3)17-21-59(22-18-48)42-13-5-32(25-51-42)44-45-33(24-50)26-53-61(45)29-41(56-44)34-27-52-60(28-34)37-9-7-36(8-10-37)58-19-15-31(16-20-58)38-11-6-35(23-39(38)49)55-40-12-14-43(62)57-46(40)63/h5-6,11,13,23,25-31,36-37,40,55H,4,7-10,12,14-22H2,1-3H3,(H,54,64)(H,57,62,63)/t36?,37?,40-/m0/s1. The number of rotatable bonds is 11. The van der Waals surface area contributed by atoms with Crippen LogP contribution in [0.4, 0.5) is 15.9 Å². The molecule has 15 nitrogen and oxygen atoms in total. The molecule has 3 aliphatic heterocycles. The van der Waals surface area contributed by atoms with Crippen molar-refractivity contribution in [2.75, 3.05) is 36.4 Å². The molecule has 3 N–H and O–H groups in total. The van der Waals surface area contributed by atoms with Crippen LogP contribution in [-0.2, 0) is 14.4 Å². The molecule has 1 atom stereocenters. The lowest BCUT2D eigenvalue weighted by Crippen LogP contribution is -2.50. The molecule has 4 fully saturated rings. The number of nitrogens with one attached hydrogen (secondary N) is 3. The molecule has 4 aromatic heterocycles. The number of benzene rings is 1. The maximum Gasteiger partial charge on any atom is 0.249 e. The van der Waals surface area contributed by atoms with Crippen LogP contribution in [-0.4, -0.2) is 96.3 Å². The van der Waals surface area contributed by atoms with Crippen LogP contribution in [0.5, 0.6) is 0 Å². The second kappa shape index (κ2) is 18.1. The summed E-state index contributed by atoms with van der Waals surface area (Å²) in [5.41, 5.74) is 4.94. The van der Waals surface area contributed by atoms with Gasteiger partial charge in [-0.1, -0.05) is 13.0 Å². The monoisotopic (exact) mass is 868 g/mol. The molecule has 0 spiro atoms. The van der Waals surface area contributed by atoms with Crippen molar-refractivity contribution in [1.82, 2.24) is 44.9 Å². The number of piperidine rings is 3. The van der Waals surface area contributed by atoms with E-state index in [0.717, 1.165) is 106 Å². The van der Waals surface area contributed by atoms with Gasteiger partial charge in [-0.2, -0.15) is 15.5 Å². The first kappa shape index (κ1) is 43.1. The third-order valence-corrected chi connectivity index (χ3v) is 14.3. The van der Waals surface area contributed by atoms with Gasteiger partial charge in [0, 0.05) is 60.8 Å². The van der Waals surface area contributed by atoms with Gasteiger partial charge < -0.3 is 20.4 Å². The smallest absolute Gasteiger partial charge is 0.249 e. The number of carbonyl (C=O) groups excluding carboxylic acids is 3. The lowest BCUT2D eigenvalue weighted by Gasteiger charge is -2.41. The van der Waals surface area contributed by atoms with Gasteiger partial charge >= 0.3 is 0 Å². The van der Waals surface area contributed by atoms with Crippen LogP contribution in [0.2, 0.25) is 0 Å². The number of hydrogen-bond acceptors (Lipinski definition) is 11. The summed E-state index contributed by atoms with van der Waals surface area (Å²) in [6.07, 6.45) is 18.1. The summed E-state index contributed by atoms with van der Waals surface area (Å²) in [7, 11) is 0. The minimum atomic E-state index is -0.547. The van der Waals surface area contributed by atoms with Gasteiger partial charge in [0.05, 0.1) is 41.4 Å². The van der Waals surface area contributed by atoms with Gasteiger partial charge in [-0.3, -0.25) is 24.4 Å². The van der Waals surface area contributed by atoms with E-state index in [2.05, 4.69) is 54.7 Å². The van der Waals surface area contributed by atoms with Gasteiger partial charge in [0.1, 0.15) is 34.8 Å². The maximum absolute atomic E-state index is 15.4. The highest BCUT2D eigenvalue weighted by Crippen LogP contribution is 2.39. The Labute approximate surface area is 372 Å². The highest BCUT2D eigenvalue weighted by atomic mass is 19.1. The second-order valence-corrected chi connectivity index (χ2v) is 18.5.